The third-order valence-corrected chi connectivity index (χ3v) is 5.44. The molecule has 164 valence electrons. The van der Waals surface area contributed by atoms with Gasteiger partial charge in [-0.05, 0) is 48.9 Å². The lowest BCUT2D eigenvalue weighted by molar-refractivity contribution is 0.289. The summed E-state index contributed by atoms with van der Waals surface area (Å²) >= 11 is 0. The molecule has 0 aliphatic carbocycles. The van der Waals surface area contributed by atoms with Crippen LogP contribution in [0, 0.1) is 0 Å². The number of pyridine rings is 1. The number of hydrogen-bond donors (Lipinski definition) is 1. The summed E-state index contributed by atoms with van der Waals surface area (Å²) in [5.41, 5.74) is 3.18. The van der Waals surface area contributed by atoms with Crippen molar-refractivity contribution in [3.8, 4) is 11.7 Å². The van der Waals surface area contributed by atoms with E-state index in [9.17, 15) is 0 Å². The summed E-state index contributed by atoms with van der Waals surface area (Å²) in [4.78, 5) is 4.73. The zero-order valence-electron chi connectivity index (χ0n) is 18.3. The van der Waals surface area contributed by atoms with E-state index in [-0.39, 0.29) is 0 Å². The van der Waals surface area contributed by atoms with Crippen molar-refractivity contribution in [2.75, 3.05) is 6.54 Å². The highest BCUT2D eigenvalue weighted by atomic mass is 16.5. The molecule has 0 fully saturated rings. The fourth-order valence-electron chi connectivity index (χ4n) is 3.78. The van der Waals surface area contributed by atoms with Gasteiger partial charge in [-0.25, -0.2) is 0 Å². The maximum absolute atomic E-state index is 6.05. The Bertz CT molecular complexity index is 1320. The Balaban J connectivity index is 1.23. The lowest BCUT2D eigenvalue weighted by Gasteiger charge is -2.11. The molecule has 0 saturated heterocycles. The average Bonchev–Trinajstić information content (AvgIpc) is 3.41. The normalized spacial score (nSPS) is 11.0. The number of aromatic nitrogens is 4. The predicted octanol–water partition coefficient (Wildman–Crippen LogP) is 4.73. The van der Waals surface area contributed by atoms with E-state index < -0.39 is 0 Å². The molecule has 0 atom stereocenters. The lowest BCUT2D eigenvalue weighted by atomic mass is 10.1. The van der Waals surface area contributed by atoms with Gasteiger partial charge in [0.1, 0.15) is 6.61 Å². The summed E-state index contributed by atoms with van der Waals surface area (Å²) in [7, 11) is 0. The Morgan fingerprint density at radius 2 is 1.48 bits per heavy atom. The molecule has 3 heterocycles. The van der Waals surface area contributed by atoms with Crippen molar-refractivity contribution in [2.24, 2.45) is 0 Å². The number of fused-ring (bicyclic) bond motifs is 1. The van der Waals surface area contributed by atoms with Gasteiger partial charge in [-0.3, -0.25) is 4.98 Å². The van der Waals surface area contributed by atoms with Gasteiger partial charge in [0.2, 0.25) is 5.88 Å². The molecule has 0 radical (unpaired) electrons. The van der Waals surface area contributed by atoms with E-state index in [1.54, 1.807) is 0 Å². The molecule has 6 nitrogen and oxygen atoms in total. The summed E-state index contributed by atoms with van der Waals surface area (Å²) in [6.07, 6.45) is 4.91. The minimum Gasteiger partial charge on any atom is -0.470 e. The molecule has 5 aromatic rings. The van der Waals surface area contributed by atoms with Crippen LogP contribution < -0.4 is 10.1 Å². The minimum atomic E-state index is 0.333. The first-order valence-electron chi connectivity index (χ1n) is 11.1. The van der Waals surface area contributed by atoms with Crippen molar-refractivity contribution in [3.05, 3.63) is 114 Å². The first kappa shape index (κ1) is 20.8. The van der Waals surface area contributed by atoms with E-state index >= 15 is 0 Å². The van der Waals surface area contributed by atoms with Gasteiger partial charge in [0.25, 0.3) is 0 Å². The lowest BCUT2D eigenvalue weighted by Crippen LogP contribution is -2.17. The Morgan fingerprint density at radius 3 is 2.33 bits per heavy atom. The molecule has 0 aliphatic rings. The van der Waals surface area contributed by atoms with Crippen molar-refractivity contribution in [3.63, 3.8) is 0 Å². The second-order valence-electron chi connectivity index (χ2n) is 7.79. The molecule has 0 spiro atoms. The van der Waals surface area contributed by atoms with Gasteiger partial charge in [0.15, 0.2) is 5.82 Å². The maximum atomic E-state index is 6.05. The van der Waals surface area contributed by atoms with Crippen LogP contribution in [-0.2, 0) is 19.6 Å². The number of rotatable bonds is 9. The standard InChI is InChI=1S/C27H25N5O/c1-2-9-21(10-3-1)15-16-28-19-22-11-8-12-23(29-22)20-33-27-25-14-5-4-13-24(25)26(30-31-27)32-17-6-7-18-32/h1-14,17-18,28H,15-16,19-20H2. The van der Waals surface area contributed by atoms with Gasteiger partial charge >= 0.3 is 0 Å². The quantitative estimate of drug-likeness (QED) is 0.339. The first-order chi connectivity index (χ1) is 16.4. The van der Waals surface area contributed by atoms with Crippen LogP contribution in [0.2, 0.25) is 0 Å². The van der Waals surface area contributed by atoms with Crippen molar-refractivity contribution < 1.29 is 4.74 Å². The molecule has 0 bridgehead atoms. The number of hydrogen-bond acceptors (Lipinski definition) is 5. The van der Waals surface area contributed by atoms with Crippen LogP contribution >= 0.6 is 0 Å². The van der Waals surface area contributed by atoms with E-state index in [2.05, 4.69) is 39.8 Å². The zero-order valence-corrected chi connectivity index (χ0v) is 18.3. The van der Waals surface area contributed by atoms with Crippen LogP contribution in [0.25, 0.3) is 16.6 Å². The fourth-order valence-corrected chi connectivity index (χ4v) is 3.78. The van der Waals surface area contributed by atoms with Crippen LogP contribution in [0.15, 0.2) is 97.3 Å². The van der Waals surface area contributed by atoms with Crippen LogP contribution in [-0.4, -0.2) is 26.3 Å². The summed E-state index contributed by atoms with van der Waals surface area (Å²) in [6.45, 7) is 1.95. The smallest absolute Gasteiger partial charge is 0.241 e. The minimum absolute atomic E-state index is 0.333. The highest BCUT2D eigenvalue weighted by Gasteiger charge is 2.11. The van der Waals surface area contributed by atoms with Crippen LogP contribution in [0.3, 0.4) is 0 Å². The summed E-state index contributed by atoms with van der Waals surface area (Å²) in [5, 5.41) is 14.1. The molecule has 0 amide bonds. The monoisotopic (exact) mass is 435 g/mol. The molecule has 0 aliphatic heterocycles. The average molecular weight is 436 g/mol. The Kier molecular flexibility index (Phi) is 6.36. The van der Waals surface area contributed by atoms with Gasteiger partial charge in [-0.1, -0.05) is 54.6 Å². The molecule has 2 aromatic carbocycles. The Hall–Kier alpha value is -4.03. The molecule has 3 aromatic heterocycles. The van der Waals surface area contributed by atoms with Crippen molar-refractivity contribution in [1.29, 1.82) is 0 Å². The second kappa shape index (κ2) is 10.1. The molecular formula is C27H25N5O. The van der Waals surface area contributed by atoms with E-state index in [0.717, 1.165) is 47.5 Å². The van der Waals surface area contributed by atoms with E-state index in [4.69, 9.17) is 9.72 Å². The zero-order chi connectivity index (χ0) is 22.3. The van der Waals surface area contributed by atoms with E-state index in [1.807, 2.05) is 77.6 Å². The van der Waals surface area contributed by atoms with Crippen LogP contribution in [0.1, 0.15) is 17.0 Å². The highest BCUT2D eigenvalue weighted by molar-refractivity contribution is 5.91. The topological polar surface area (TPSA) is 64.9 Å². The van der Waals surface area contributed by atoms with Gasteiger partial charge < -0.3 is 14.6 Å². The second-order valence-corrected chi connectivity index (χ2v) is 7.79. The molecule has 6 heteroatoms. The molecule has 0 saturated carbocycles. The Morgan fingerprint density at radius 1 is 0.727 bits per heavy atom. The third kappa shape index (κ3) is 5.07. The van der Waals surface area contributed by atoms with Crippen LogP contribution in [0.5, 0.6) is 5.88 Å². The van der Waals surface area contributed by atoms with Gasteiger partial charge in [0, 0.05) is 29.7 Å². The summed E-state index contributed by atoms with van der Waals surface area (Å²) < 4.78 is 8.00. The molecule has 0 unspecified atom stereocenters. The van der Waals surface area contributed by atoms with Crippen LogP contribution in [0.4, 0.5) is 0 Å². The van der Waals surface area contributed by atoms with Crippen molar-refractivity contribution >= 4 is 10.8 Å². The van der Waals surface area contributed by atoms with Gasteiger partial charge in [-0.15, -0.1) is 10.2 Å². The number of nitrogens with zero attached hydrogens (tertiary/aromatic N) is 4. The molecule has 33 heavy (non-hydrogen) atoms. The summed E-state index contributed by atoms with van der Waals surface area (Å²) in [5.74, 6) is 1.29. The van der Waals surface area contributed by atoms with E-state index in [1.165, 1.54) is 5.56 Å². The largest absolute Gasteiger partial charge is 0.470 e. The SMILES string of the molecule is c1ccc(CCNCc2cccc(COc3nnc(-n4cccc4)c4ccccc34)n2)cc1. The van der Waals surface area contributed by atoms with Crippen molar-refractivity contribution in [2.45, 2.75) is 19.6 Å². The molecule has 1 N–H and O–H groups in total. The number of nitrogens with one attached hydrogen (secondary N) is 1. The van der Waals surface area contributed by atoms with E-state index in [0.29, 0.717) is 12.5 Å². The third-order valence-electron chi connectivity index (χ3n) is 5.44. The van der Waals surface area contributed by atoms with Gasteiger partial charge in [0.05, 0.1) is 11.4 Å². The molecular weight excluding hydrogens is 410 g/mol. The highest BCUT2D eigenvalue weighted by Crippen LogP contribution is 2.27. The Labute approximate surface area is 192 Å². The number of ether oxygens (including phenoxy) is 1. The predicted molar refractivity (Wildman–Crippen MR) is 129 cm³/mol. The fraction of sp³-hybridized carbons (Fsp3) is 0.148. The number of benzene rings is 2. The van der Waals surface area contributed by atoms with Crippen molar-refractivity contribution in [1.82, 2.24) is 25.1 Å². The van der Waals surface area contributed by atoms with Gasteiger partial charge in [-0.2, -0.15) is 0 Å². The summed E-state index contributed by atoms with van der Waals surface area (Å²) in [6, 6.07) is 28.4. The first-order valence-corrected chi connectivity index (χ1v) is 11.1. The molecule has 5 rings (SSSR count). The maximum Gasteiger partial charge on any atom is 0.241 e.